The van der Waals surface area contributed by atoms with Gasteiger partial charge < -0.3 is 10.0 Å². The van der Waals surface area contributed by atoms with Crippen molar-refractivity contribution < 1.29 is 9.50 Å². The molecule has 0 heterocycles. The largest absolute Gasteiger partial charge is 0.388 e. The van der Waals surface area contributed by atoms with Crippen LogP contribution >= 0.6 is 0 Å². The van der Waals surface area contributed by atoms with Gasteiger partial charge in [-0.2, -0.15) is 0 Å². The molecule has 2 nitrogen and oxygen atoms in total. The maximum absolute atomic E-state index is 13.0. The lowest BCUT2D eigenvalue weighted by molar-refractivity contribution is 0.134. The molecule has 0 aromatic heterocycles. The second-order valence-electron chi connectivity index (χ2n) is 5.42. The molecule has 0 spiro atoms. The molecule has 0 radical (unpaired) electrons. The second kappa shape index (κ2) is 5.81. The smallest absolute Gasteiger partial charge is 0.123 e. The molecule has 3 heteroatoms. The summed E-state index contributed by atoms with van der Waals surface area (Å²) in [6, 6.07) is 6.82. The minimum Gasteiger partial charge on any atom is -0.388 e. The standard InChI is InChI=1S/C15H22FNO/c1-11(12-6-7-12)17(2)9-8-15(18)13-4-3-5-14(16)10-13/h3-5,10-12,15,18H,6-9H2,1-2H3. The summed E-state index contributed by atoms with van der Waals surface area (Å²) in [6.45, 7) is 3.08. The zero-order chi connectivity index (χ0) is 13.1. The average Bonchev–Trinajstić information content (AvgIpc) is 3.18. The SMILES string of the molecule is CC(C1CC1)N(C)CCC(O)c1cccc(F)c1. The van der Waals surface area contributed by atoms with Crippen molar-refractivity contribution in [2.75, 3.05) is 13.6 Å². The fourth-order valence-electron chi connectivity index (χ4n) is 2.35. The van der Waals surface area contributed by atoms with Crippen LogP contribution in [-0.4, -0.2) is 29.6 Å². The first kappa shape index (κ1) is 13.5. The molecular formula is C15H22FNO. The van der Waals surface area contributed by atoms with E-state index in [9.17, 15) is 9.50 Å². The Morgan fingerprint density at radius 3 is 2.78 bits per heavy atom. The predicted molar refractivity (Wildman–Crippen MR) is 70.8 cm³/mol. The van der Waals surface area contributed by atoms with Gasteiger partial charge in [-0.1, -0.05) is 12.1 Å². The zero-order valence-electron chi connectivity index (χ0n) is 11.1. The number of hydrogen-bond acceptors (Lipinski definition) is 2. The third-order valence-corrected chi connectivity index (χ3v) is 3.99. The van der Waals surface area contributed by atoms with Crippen LogP contribution in [0.15, 0.2) is 24.3 Å². The number of aliphatic hydroxyl groups excluding tert-OH is 1. The summed E-state index contributed by atoms with van der Waals surface area (Å²) in [7, 11) is 2.10. The van der Waals surface area contributed by atoms with Crippen molar-refractivity contribution in [2.24, 2.45) is 5.92 Å². The van der Waals surface area contributed by atoms with Crippen molar-refractivity contribution >= 4 is 0 Å². The highest BCUT2D eigenvalue weighted by Crippen LogP contribution is 2.34. The van der Waals surface area contributed by atoms with Gasteiger partial charge in [0.15, 0.2) is 0 Å². The Hall–Kier alpha value is -0.930. The van der Waals surface area contributed by atoms with Gasteiger partial charge in [0.25, 0.3) is 0 Å². The minimum atomic E-state index is -0.574. The lowest BCUT2D eigenvalue weighted by atomic mass is 10.1. The van der Waals surface area contributed by atoms with Gasteiger partial charge in [-0.15, -0.1) is 0 Å². The number of benzene rings is 1. The van der Waals surface area contributed by atoms with Gasteiger partial charge in [0.1, 0.15) is 5.82 Å². The van der Waals surface area contributed by atoms with E-state index in [2.05, 4.69) is 18.9 Å². The lowest BCUT2D eigenvalue weighted by Crippen LogP contribution is -2.32. The van der Waals surface area contributed by atoms with Gasteiger partial charge in [-0.25, -0.2) is 4.39 Å². The molecule has 1 aromatic carbocycles. The summed E-state index contributed by atoms with van der Waals surface area (Å²) in [5.41, 5.74) is 0.669. The van der Waals surface area contributed by atoms with Crippen LogP contribution in [0, 0.1) is 11.7 Å². The molecule has 0 bridgehead atoms. The van der Waals surface area contributed by atoms with E-state index in [0.717, 1.165) is 12.5 Å². The number of hydrogen-bond donors (Lipinski definition) is 1. The number of nitrogens with zero attached hydrogens (tertiary/aromatic N) is 1. The van der Waals surface area contributed by atoms with Gasteiger partial charge in [-0.3, -0.25) is 0 Å². The summed E-state index contributed by atoms with van der Waals surface area (Å²) in [6.07, 6.45) is 2.74. The van der Waals surface area contributed by atoms with Crippen molar-refractivity contribution in [3.8, 4) is 0 Å². The van der Waals surface area contributed by atoms with E-state index in [1.807, 2.05) is 0 Å². The van der Waals surface area contributed by atoms with E-state index in [1.165, 1.54) is 25.0 Å². The van der Waals surface area contributed by atoms with Crippen molar-refractivity contribution in [1.29, 1.82) is 0 Å². The normalized spacial score (nSPS) is 18.9. The number of rotatable bonds is 6. The molecule has 0 amide bonds. The highest BCUT2D eigenvalue weighted by atomic mass is 19.1. The molecule has 0 saturated heterocycles. The minimum absolute atomic E-state index is 0.286. The molecular weight excluding hydrogens is 229 g/mol. The third kappa shape index (κ3) is 3.53. The average molecular weight is 251 g/mol. The van der Waals surface area contributed by atoms with Crippen molar-refractivity contribution in [3.05, 3.63) is 35.6 Å². The molecule has 1 fully saturated rings. The van der Waals surface area contributed by atoms with E-state index >= 15 is 0 Å². The molecule has 1 saturated carbocycles. The molecule has 18 heavy (non-hydrogen) atoms. The Balaban J connectivity index is 1.82. The highest BCUT2D eigenvalue weighted by Gasteiger charge is 2.30. The van der Waals surface area contributed by atoms with Crippen LogP contribution in [0.1, 0.15) is 37.9 Å². The first-order valence-corrected chi connectivity index (χ1v) is 6.71. The first-order chi connectivity index (χ1) is 8.58. The van der Waals surface area contributed by atoms with E-state index in [-0.39, 0.29) is 5.82 Å². The van der Waals surface area contributed by atoms with E-state index in [1.54, 1.807) is 12.1 Å². The summed E-state index contributed by atoms with van der Waals surface area (Å²) in [5, 5.41) is 10.0. The van der Waals surface area contributed by atoms with Crippen LogP contribution in [0.2, 0.25) is 0 Å². The topological polar surface area (TPSA) is 23.5 Å². The van der Waals surface area contributed by atoms with Gasteiger partial charge in [0.2, 0.25) is 0 Å². The van der Waals surface area contributed by atoms with Crippen molar-refractivity contribution in [3.63, 3.8) is 0 Å². The summed E-state index contributed by atoms with van der Waals surface area (Å²) in [4.78, 5) is 2.29. The Morgan fingerprint density at radius 1 is 1.44 bits per heavy atom. The van der Waals surface area contributed by atoms with Crippen molar-refractivity contribution in [2.45, 2.75) is 38.3 Å². The van der Waals surface area contributed by atoms with Crippen LogP contribution in [0.25, 0.3) is 0 Å². The quantitative estimate of drug-likeness (QED) is 0.840. The predicted octanol–water partition coefficient (Wildman–Crippen LogP) is 2.98. The molecule has 1 N–H and O–H groups in total. The van der Waals surface area contributed by atoms with Crippen LogP contribution in [0.4, 0.5) is 4.39 Å². The Labute approximate surface area is 108 Å². The van der Waals surface area contributed by atoms with Gasteiger partial charge in [0, 0.05) is 12.6 Å². The molecule has 2 rings (SSSR count). The summed E-state index contributed by atoms with van der Waals surface area (Å²) < 4.78 is 13.0. The molecule has 100 valence electrons. The molecule has 1 aromatic rings. The molecule has 0 aliphatic heterocycles. The lowest BCUT2D eigenvalue weighted by Gasteiger charge is -2.25. The van der Waals surface area contributed by atoms with Crippen molar-refractivity contribution in [1.82, 2.24) is 4.90 Å². The maximum Gasteiger partial charge on any atom is 0.123 e. The third-order valence-electron chi connectivity index (χ3n) is 3.99. The van der Waals surface area contributed by atoms with Crippen LogP contribution in [-0.2, 0) is 0 Å². The number of aliphatic hydroxyl groups is 1. The van der Waals surface area contributed by atoms with Gasteiger partial charge in [-0.05, 0) is 56.8 Å². The molecule has 1 aliphatic carbocycles. The second-order valence-corrected chi connectivity index (χ2v) is 5.42. The molecule has 2 unspecified atom stereocenters. The highest BCUT2D eigenvalue weighted by molar-refractivity contribution is 5.18. The summed E-state index contributed by atoms with van der Waals surface area (Å²) >= 11 is 0. The van der Waals surface area contributed by atoms with Gasteiger partial charge >= 0.3 is 0 Å². The zero-order valence-corrected chi connectivity index (χ0v) is 11.1. The van der Waals surface area contributed by atoms with Crippen LogP contribution in [0.3, 0.4) is 0 Å². The molecule has 2 atom stereocenters. The Morgan fingerprint density at radius 2 is 2.17 bits per heavy atom. The monoisotopic (exact) mass is 251 g/mol. The van der Waals surface area contributed by atoms with Crippen LogP contribution in [0.5, 0.6) is 0 Å². The Bertz CT molecular complexity index is 392. The fraction of sp³-hybridized carbons (Fsp3) is 0.600. The van der Waals surface area contributed by atoms with E-state index in [0.29, 0.717) is 18.0 Å². The van der Waals surface area contributed by atoms with E-state index < -0.39 is 6.10 Å². The Kier molecular flexibility index (Phi) is 4.36. The molecule has 1 aliphatic rings. The number of halogens is 1. The van der Waals surface area contributed by atoms with E-state index in [4.69, 9.17) is 0 Å². The maximum atomic E-state index is 13.0. The fourth-order valence-corrected chi connectivity index (χ4v) is 2.35. The summed E-state index contributed by atoms with van der Waals surface area (Å²) in [5.74, 6) is 0.549. The first-order valence-electron chi connectivity index (χ1n) is 6.71. The van der Waals surface area contributed by atoms with Gasteiger partial charge in [0.05, 0.1) is 6.10 Å². The van der Waals surface area contributed by atoms with Crippen LogP contribution < -0.4 is 0 Å².